The van der Waals surface area contributed by atoms with E-state index >= 15 is 0 Å². The SMILES string of the molecule is COC(=O)C[C@@H](c1ccc(-c2cccc(C(=O)O)c2)o1)c1c(O)cc(C)[nH]c1=O. The zero-order valence-corrected chi connectivity index (χ0v) is 15.8. The minimum absolute atomic E-state index is 0.0128. The van der Waals surface area contributed by atoms with Crippen LogP contribution in [0, 0.1) is 6.92 Å². The summed E-state index contributed by atoms with van der Waals surface area (Å²) >= 11 is 0. The summed E-state index contributed by atoms with van der Waals surface area (Å²) in [6.07, 6.45) is -0.224. The average molecular weight is 397 g/mol. The number of aromatic nitrogens is 1. The fraction of sp³-hybridized carbons (Fsp3) is 0.190. The van der Waals surface area contributed by atoms with E-state index in [0.29, 0.717) is 17.0 Å². The van der Waals surface area contributed by atoms with Crippen LogP contribution in [0.25, 0.3) is 11.3 Å². The topological polar surface area (TPSA) is 130 Å². The number of carbonyl (C=O) groups is 2. The molecule has 0 bridgehead atoms. The molecule has 0 aliphatic heterocycles. The number of rotatable bonds is 6. The van der Waals surface area contributed by atoms with Crippen LogP contribution in [-0.4, -0.2) is 34.2 Å². The van der Waals surface area contributed by atoms with Crippen molar-refractivity contribution >= 4 is 11.9 Å². The molecule has 3 aromatic rings. The van der Waals surface area contributed by atoms with Crippen molar-refractivity contribution in [2.75, 3.05) is 7.11 Å². The number of carboxylic acids is 1. The van der Waals surface area contributed by atoms with Crippen LogP contribution in [0.3, 0.4) is 0 Å². The first-order valence-corrected chi connectivity index (χ1v) is 8.73. The molecule has 2 heterocycles. The number of hydrogen-bond donors (Lipinski definition) is 3. The van der Waals surface area contributed by atoms with E-state index in [1.807, 2.05) is 0 Å². The molecule has 0 saturated carbocycles. The van der Waals surface area contributed by atoms with Gasteiger partial charge in [0.25, 0.3) is 5.56 Å². The summed E-state index contributed by atoms with van der Waals surface area (Å²) in [5, 5.41) is 19.5. The molecule has 0 fully saturated rings. The van der Waals surface area contributed by atoms with E-state index in [1.165, 1.54) is 25.3 Å². The zero-order valence-electron chi connectivity index (χ0n) is 15.8. The number of aryl methyl sites for hydroxylation is 1. The molecule has 0 unspecified atom stereocenters. The quantitative estimate of drug-likeness (QED) is 0.545. The Morgan fingerprint density at radius 1 is 1.21 bits per heavy atom. The van der Waals surface area contributed by atoms with Crippen LogP contribution in [0.5, 0.6) is 5.75 Å². The number of ether oxygens (including phenoxy) is 1. The second-order valence-corrected chi connectivity index (χ2v) is 6.50. The van der Waals surface area contributed by atoms with Crippen molar-refractivity contribution < 1.29 is 29.0 Å². The Balaban J connectivity index is 2.07. The van der Waals surface area contributed by atoms with Gasteiger partial charge in [0.1, 0.15) is 17.3 Å². The van der Waals surface area contributed by atoms with Gasteiger partial charge in [0, 0.05) is 11.3 Å². The van der Waals surface area contributed by atoms with Crippen molar-refractivity contribution in [3.63, 3.8) is 0 Å². The van der Waals surface area contributed by atoms with Crippen LogP contribution in [0.2, 0.25) is 0 Å². The molecule has 150 valence electrons. The van der Waals surface area contributed by atoms with Crippen LogP contribution >= 0.6 is 0 Å². The number of aromatic hydroxyl groups is 1. The van der Waals surface area contributed by atoms with E-state index in [-0.39, 0.29) is 29.1 Å². The number of pyridine rings is 1. The highest BCUT2D eigenvalue weighted by molar-refractivity contribution is 5.89. The lowest BCUT2D eigenvalue weighted by atomic mass is 9.93. The van der Waals surface area contributed by atoms with Gasteiger partial charge < -0.3 is 24.4 Å². The molecule has 0 amide bonds. The van der Waals surface area contributed by atoms with Crippen LogP contribution in [-0.2, 0) is 9.53 Å². The van der Waals surface area contributed by atoms with Gasteiger partial charge >= 0.3 is 11.9 Å². The first kappa shape index (κ1) is 19.9. The maximum Gasteiger partial charge on any atom is 0.335 e. The van der Waals surface area contributed by atoms with Gasteiger partial charge in [-0.05, 0) is 37.3 Å². The van der Waals surface area contributed by atoms with Crippen molar-refractivity contribution in [1.29, 1.82) is 0 Å². The highest BCUT2D eigenvalue weighted by Crippen LogP contribution is 2.35. The molecule has 2 aromatic heterocycles. The summed E-state index contributed by atoms with van der Waals surface area (Å²) in [4.78, 5) is 38.2. The summed E-state index contributed by atoms with van der Waals surface area (Å²) in [7, 11) is 1.23. The summed E-state index contributed by atoms with van der Waals surface area (Å²) in [5.74, 6) is -2.18. The van der Waals surface area contributed by atoms with Crippen LogP contribution < -0.4 is 5.56 Å². The highest BCUT2D eigenvalue weighted by Gasteiger charge is 2.28. The van der Waals surface area contributed by atoms with Gasteiger partial charge in [-0.1, -0.05) is 12.1 Å². The van der Waals surface area contributed by atoms with Crippen molar-refractivity contribution in [3.8, 4) is 17.1 Å². The number of benzene rings is 1. The number of aromatic carboxylic acids is 1. The minimum atomic E-state index is -1.07. The van der Waals surface area contributed by atoms with Gasteiger partial charge in [-0.25, -0.2) is 4.79 Å². The lowest BCUT2D eigenvalue weighted by molar-refractivity contribution is -0.140. The first-order valence-electron chi connectivity index (χ1n) is 8.73. The monoisotopic (exact) mass is 397 g/mol. The number of esters is 1. The Bertz CT molecular complexity index is 1130. The van der Waals surface area contributed by atoms with Crippen LogP contribution in [0.4, 0.5) is 0 Å². The summed E-state index contributed by atoms with van der Waals surface area (Å²) < 4.78 is 10.6. The van der Waals surface area contributed by atoms with Crippen molar-refractivity contribution in [3.05, 3.63) is 75.4 Å². The van der Waals surface area contributed by atoms with E-state index < -0.39 is 23.4 Å². The van der Waals surface area contributed by atoms with E-state index in [9.17, 15) is 19.5 Å². The summed E-state index contributed by atoms with van der Waals surface area (Å²) in [6, 6.07) is 10.8. The minimum Gasteiger partial charge on any atom is -0.507 e. The molecule has 3 N–H and O–H groups in total. The fourth-order valence-corrected chi connectivity index (χ4v) is 3.11. The third-order valence-corrected chi connectivity index (χ3v) is 4.50. The number of furan rings is 1. The summed E-state index contributed by atoms with van der Waals surface area (Å²) in [6.45, 7) is 1.63. The number of hydrogen-bond acceptors (Lipinski definition) is 6. The van der Waals surface area contributed by atoms with Gasteiger partial charge in [-0.15, -0.1) is 0 Å². The van der Waals surface area contributed by atoms with Gasteiger partial charge in [-0.2, -0.15) is 0 Å². The highest BCUT2D eigenvalue weighted by atomic mass is 16.5. The molecule has 0 spiro atoms. The second-order valence-electron chi connectivity index (χ2n) is 6.50. The van der Waals surface area contributed by atoms with Crippen molar-refractivity contribution in [1.82, 2.24) is 4.98 Å². The zero-order chi connectivity index (χ0) is 21.1. The number of nitrogens with one attached hydrogen (secondary N) is 1. The number of aromatic amines is 1. The van der Waals surface area contributed by atoms with Crippen molar-refractivity contribution in [2.45, 2.75) is 19.3 Å². The van der Waals surface area contributed by atoms with E-state index in [1.54, 1.807) is 31.2 Å². The maximum absolute atomic E-state index is 12.5. The number of carbonyl (C=O) groups excluding carboxylic acids is 1. The molecule has 0 aliphatic rings. The fourth-order valence-electron chi connectivity index (χ4n) is 3.11. The predicted octanol–water partition coefficient (Wildman–Crippen LogP) is 3.04. The number of methoxy groups -OCH3 is 1. The Morgan fingerprint density at radius 2 is 1.97 bits per heavy atom. The molecule has 0 radical (unpaired) electrons. The molecule has 0 saturated heterocycles. The number of H-pyrrole nitrogens is 1. The first-order chi connectivity index (χ1) is 13.8. The predicted molar refractivity (Wildman–Crippen MR) is 103 cm³/mol. The van der Waals surface area contributed by atoms with Crippen LogP contribution in [0.15, 0.2) is 51.7 Å². The number of carboxylic acid groups (broad SMARTS) is 1. The Hall–Kier alpha value is -3.81. The Morgan fingerprint density at radius 3 is 2.62 bits per heavy atom. The third-order valence-electron chi connectivity index (χ3n) is 4.50. The van der Waals surface area contributed by atoms with Gasteiger partial charge in [0.2, 0.25) is 0 Å². The largest absolute Gasteiger partial charge is 0.507 e. The molecule has 1 atom stereocenters. The molecule has 3 rings (SSSR count). The normalized spacial score (nSPS) is 11.8. The van der Waals surface area contributed by atoms with Gasteiger partial charge in [0.15, 0.2) is 0 Å². The smallest absolute Gasteiger partial charge is 0.335 e. The Kier molecular flexibility index (Phi) is 5.54. The Labute approximate surface area is 165 Å². The van der Waals surface area contributed by atoms with Gasteiger partial charge in [-0.3, -0.25) is 9.59 Å². The van der Waals surface area contributed by atoms with Crippen molar-refractivity contribution in [2.24, 2.45) is 0 Å². The second kappa shape index (κ2) is 8.05. The molecule has 29 heavy (non-hydrogen) atoms. The maximum atomic E-state index is 12.5. The molecule has 8 nitrogen and oxygen atoms in total. The molecule has 8 heteroatoms. The van der Waals surface area contributed by atoms with E-state index in [4.69, 9.17) is 14.3 Å². The molecular weight excluding hydrogens is 378 g/mol. The third kappa shape index (κ3) is 4.21. The standard InChI is InChI=1S/C21H19NO7/c1-11-8-15(23)19(20(25)22-11)14(10-18(24)28-2)17-7-6-16(29-17)12-4-3-5-13(9-12)21(26)27/h3-9,14H,10H2,1-2H3,(H,26,27)(H2,22,23,25)/t14-/m0/s1. The van der Waals surface area contributed by atoms with Crippen LogP contribution in [0.1, 0.15) is 39.7 Å². The lowest BCUT2D eigenvalue weighted by Crippen LogP contribution is -2.20. The molecule has 0 aliphatic carbocycles. The van der Waals surface area contributed by atoms with Gasteiger partial charge in [0.05, 0.1) is 30.6 Å². The molecular formula is C21H19NO7. The average Bonchev–Trinajstić information content (AvgIpc) is 3.16. The van der Waals surface area contributed by atoms with E-state index in [0.717, 1.165) is 0 Å². The van der Waals surface area contributed by atoms with E-state index in [2.05, 4.69) is 4.98 Å². The lowest BCUT2D eigenvalue weighted by Gasteiger charge is -2.15. The summed E-state index contributed by atoms with van der Waals surface area (Å²) in [5.41, 5.74) is 0.538. The molecule has 1 aromatic carbocycles.